The van der Waals surface area contributed by atoms with Gasteiger partial charge >= 0.3 is 6.61 Å². The van der Waals surface area contributed by atoms with Crippen LogP contribution in [0, 0.1) is 5.82 Å². The monoisotopic (exact) mass is 696 g/mol. The molecule has 0 amide bonds. The van der Waals surface area contributed by atoms with Crippen LogP contribution in [0.2, 0.25) is 0 Å². The molecule has 2 fully saturated rings. The van der Waals surface area contributed by atoms with Crippen molar-refractivity contribution in [3.63, 3.8) is 0 Å². The minimum absolute atomic E-state index is 0.199. The number of hydrogen-bond acceptors (Lipinski definition) is 7. The van der Waals surface area contributed by atoms with E-state index in [9.17, 15) is 13.2 Å². The van der Waals surface area contributed by atoms with Crippen LogP contribution < -0.4 is 14.5 Å². The Kier molecular flexibility index (Phi) is 12.8. The molecule has 2 saturated heterocycles. The second-order valence-corrected chi connectivity index (χ2v) is 14.2. The SMILES string of the molecule is CN(C)Sc1ccc(N2CCCC2)c(-c2cc3cc(F)ccc3[nH]2)c1.CNSc1ccc(N2CCCC2)c(-c2ccc[nH]2)c1.OC(F)F. The van der Waals surface area contributed by atoms with E-state index in [1.807, 2.05) is 33.4 Å². The molecule has 48 heavy (non-hydrogen) atoms. The van der Waals surface area contributed by atoms with Gasteiger partial charge in [-0.3, -0.25) is 9.03 Å². The van der Waals surface area contributed by atoms with Gasteiger partial charge in [0.15, 0.2) is 0 Å². The van der Waals surface area contributed by atoms with Crippen LogP contribution in [-0.2, 0) is 0 Å². The molecule has 0 unspecified atom stereocenters. The zero-order valence-electron chi connectivity index (χ0n) is 27.5. The number of anilines is 2. The quantitative estimate of drug-likeness (QED) is 0.121. The van der Waals surface area contributed by atoms with Crippen LogP contribution in [0.25, 0.3) is 33.4 Å². The van der Waals surface area contributed by atoms with Gasteiger partial charge in [0.25, 0.3) is 0 Å². The predicted molar refractivity (Wildman–Crippen MR) is 195 cm³/mol. The third-order valence-electron chi connectivity index (χ3n) is 8.10. The van der Waals surface area contributed by atoms with E-state index < -0.39 is 6.61 Å². The lowest BCUT2D eigenvalue weighted by Gasteiger charge is -2.22. The van der Waals surface area contributed by atoms with Crippen LogP contribution in [0.3, 0.4) is 0 Å². The minimum Gasteiger partial charge on any atom is -0.371 e. The first-order valence-electron chi connectivity index (χ1n) is 16.1. The van der Waals surface area contributed by atoms with Crippen molar-refractivity contribution in [2.45, 2.75) is 42.1 Å². The molecule has 3 aromatic carbocycles. The average molecular weight is 697 g/mol. The number of fused-ring (bicyclic) bond motifs is 1. The highest BCUT2D eigenvalue weighted by molar-refractivity contribution is 7.97. The number of alkyl halides is 2. The Hall–Kier alpha value is -3.55. The van der Waals surface area contributed by atoms with Gasteiger partial charge in [-0.25, -0.2) is 4.39 Å². The zero-order chi connectivity index (χ0) is 34.0. The van der Waals surface area contributed by atoms with Crippen LogP contribution in [-0.4, -0.2) is 73.3 Å². The first kappa shape index (κ1) is 35.7. The molecule has 2 aromatic heterocycles. The molecule has 2 aliphatic heterocycles. The summed E-state index contributed by atoms with van der Waals surface area (Å²) in [6, 6.07) is 24.5. The lowest BCUT2D eigenvalue weighted by Crippen LogP contribution is -2.18. The Bertz CT molecular complexity index is 1730. The third-order valence-corrected chi connectivity index (χ3v) is 9.62. The number of aromatic nitrogens is 2. The van der Waals surface area contributed by atoms with Gasteiger partial charge in [-0.15, -0.1) is 0 Å². The molecular formula is C36H43F3N6OS2. The predicted octanol–water partition coefficient (Wildman–Crippen LogP) is 8.85. The van der Waals surface area contributed by atoms with Gasteiger partial charge in [0, 0.05) is 87.0 Å². The molecule has 2 aliphatic rings. The molecule has 256 valence electrons. The Labute approximate surface area is 289 Å². The molecule has 0 bridgehead atoms. The molecule has 5 aromatic rings. The van der Waals surface area contributed by atoms with Crippen molar-refractivity contribution in [2.75, 3.05) is 57.1 Å². The summed E-state index contributed by atoms with van der Waals surface area (Å²) in [5.41, 5.74) is 8.30. The van der Waals surface area contributed by atoms with Crippen LogP contribution in [0.15, 0.2) is 88.8 Å². The molecule has 4 heterocycles. The first-order valence-corrected chi connectivity index (χ1v) is 17.7. The topological polar surface area (TPSA) is 73.6 Å². The second-order valence-electron chi connectivity index (χ2n) is 11.7. The summed E-state index contributed by atoms with van der Waals surface area (Å²) in [6.45, 7) is 1.38. The number of halogens is 3. The second kappa shape index (κ2) is 17.2. The van der Waals surface area contributed by atoms with Gasteiger partial charge < -0.3 is 24.9 Å². The number of aromatic amines is 2. The summed E-state index contributed by atoms with van der Waals surface area (Å²) in [5.74, 6) is -0.199. The van der Waals surface area contributed by atoms with E-state index in [2.05, 4.69) is 83.4 Å². The highest BCUT2D eigenvalue weighted by Gasteiger charge is 2.19. The number of aliphatic hydroxyl groups is 1. The van der Waals surface area contributed by atoms with Crippen molar-refractivity contribution in [1.82, 2.24) is 19.0 Å². The molecule has 0 radical (unpaired) electrons. The van der Waals surface area contributed by atoms with E-state index in [-0.39, 0.29) is 5.82 Å². The number of H-pyrrole nitrogens is 2. The molecule has 0 aliphatic carbocycles. The van der Waals surface area contributed by atoms with Crippen molar-refractivity contribution in [3.8, 4) is 22.5 Å². The number of nitrogens with one attached hydrogen (secondary N) is 3. The minimum atomic E-state index is -3.17. The summed E-state index contributed by atoms with van der Waals surface area (Å²) in [6.07, 6.45) is 7.08. The summed E-state index contributed by atoms with van der Waals surface area (Å²) in [5, 5.41) is 7.63. The largest absolute Gasteiger partial charge is 0.371 e. The van der Waals surface area contributed by atoms with Crippen LogP contribution >= 0.6 is 23.9 Å². The van der Waals surface area contributed by atoms with Crippen molar-refractivity contribution < 1.29 is 18.3 Å². The maximum absolute atomic E-state index is 13.5. The van der Waals surface area contributed by atoms with Crippen molar-refractivity contribution in [1.29, 1.82) is 0 Å². The highest BCUT2D eigenvalue weighted by Crippen LogP contribution is 2.38. The Morgan fingerprint density at radius 2 is 1.38 bits per heavy atom. The fraction of sp³-hybridized carbons (Fsp3) is 0.333. The van der Waals surface area contributed by atoms with Crippen molar-refractivity contribution in [3.05, 3.63) is 84.8 Å². The van der Waals surface area contributed by atoms with E-state index in [0.717, 1.165) is 29.7 Å². The summed E-state index contributed by atoms with van der Waals surface area (Å²) in [4.78, 5) is 14.2. The Morgan fingerprint density at radius 1 is 0.792 bits per heavy atom. The fourth-order valence-corrected chi connectivity index (χ4v) is 7.39. The van der Waals surface area contributed by atoms with Crippen molar-refractivity contribution >= 4 is 46.2 Å². The molecule has 0 atom stereocenters. The van der Waals surface area contributed by atoms with Crippen LogP contribution in [0.4, 0.5) is 24.5 Å². The first-order chi connectivity index (χ1) is 23.2. The van der Waals surface area contributed by atoms with E-state index in [1.54, 1.807) is 30.0 Å². The third kappa shape index (κ3) is 9.54. The van der Waals surface area contributed by atoms with Gasteiger partial charge in [0.2, 0.25) is 0 Å². The number of aliphatic hydroxyl groups excluding tert-OH is 1. The fourth-order valence-electron chi connectivity index (χ4n) is 6.12. The standard InChI is InChI=1S/C20H22FN3S.C15H19N3S.CH2F2O/c1-23(2)25-16-6-8-20(24-9-3-4-10-24)17(13-16)19-12-14-11-15(21)5-7-18(14)22-19;1-16-19-12-6-7-15(18-9-2-3-10-18)13(11-12)14-5-4-8-17-14;2-1(3)4/h5-8,11-13,22H,3-4,9-10H2,1-2H3;4-8,11,16-17H,2-3,9-10H2,1H3;1,4H. The molecule has 0 saturated carbocycles. The lowest BCUT2D eigenvalue weighted by molar-refractivity contribution is -0.0728. The molecule has 7 rings (SSSR count). The number of rotatable bonds is 8. The normalized spacial score (nSPS) is 14.4. The summed E-state index contributed by atoms with van der Waals surface area (Å²) in [7, 11) is 6.04. The van der Waals surface area contributed by atoms with Gasteiger partial charge in [0.05, 0.1) is 0 Å². The molecular weight excluding hydrogens is 654 g/mol. The van der Waals surface area contributed by atoms with E-state index in [1.165, 1.54) is 82.8 Å². The number of nitrogens with zero attached hydrogens (tertiary/aromatic N) is 3. The zero-order valence-corrected chi connectivity index (χ0v) is 29.1. The van der Waals surface area contributed by atoms with Gasteiger partial charge in [0.1, 0.15) is 5.82 Å². The number of hydrogen-bond donors (Lipinski definition) is 4. The van der Waals surface area contributed by atoms with Crippen LogP contribution in [0.5, 0.6) is 0 Å². The van der Waals surface area contributed by atoms with E-state index in [0.29, 0.717) is 0 Å². The maximum atomic E-state index is 13.5. The highest BCUT2D eigenvalue weighted by atomic mass is 32.2. The summed E-state index contributed by atoms with van der Waals surface area (Å²) < 4.78 is 38.6. The maximum Gasteiger partial charge on any atom is 0.342 e. The van der Waals surface area contributed by atoms with Gasteiger partial charge in [-0.05, 0) is 144 Å². The van der Waals surface area contributed by atoms with Gasteiger partial charge in [-0.2, -0.15) is 8.78 Å². The molecule has 7 nitrogen and oxygen atoms in total. The smallest absolute Gasteiger partial charge is 0.342 e. The Morgan fingerprint density at radius 3 is 1.94 bits per heavy atom. The lowest BCUT2D eigenvalue weighted by atomic mass is 10.1. The molecule has 0 spiro atoms. The molecule has 4 N–H and O–H groups in total. The summed E-state index contributed by atoms with van der Waals surface area (Å²) >= 11 is 3.36. The number of benzene rings is 3. The Balaban J connectivity index is 0.000000174. The van der Waals surface area contributed by atoms with Crippen molar-refractivity contribution in [2.24, 2.45) is 0 Å². The molecule has 12 heteroatoms. The van der Waals surface area contributed by atoms with Crippen LogP contribution in [0.1, 0.15) is 25.7 Å². The average Bonchev–Trinajstić information content (AvgIpc) is 3.89. The van der Waals surface area contributed by atoms with Gasteiger partial charge in [-0.1, -0.05) is 0 Å². The van der Waals surface area contributed by atoms with E-state index >= 15 is 0 Å². The van der Waals surface area contributed by atoms with E-state index in [4.69, 9.17) is 5.11 Å².